The SMILES string of the molecule is CCNc1nccnc1-c1ccc(Br)c(Br)c1. The maximum absolute atomic E-state index is 4.38. The van der Waals surface area contributed by atoms with Crippen LogP contribution in [0, 0.1) is 0 Å². The minimum Gasteiger partial charge on any atom is -0.369 e. The maximum Gasteiger partial charge on any atom is 0.152 e. The third-order valence-corrected chi connectivity index (χ3v) is 4.12. The monoisotopic (exact) mass is 355 g/mol. The van der Waals surface area contributed by atoms with Crippen LogP contribution < -0.4 is 5.32 Å². The molecule has 0 aliphatic rings. The number of anilines is 1. The molecule has 88 valence electrons. The van der Waals surface area contributed by atoms with E-state index in [2.05, 4.69) is 47.1 Å². The van der Waals surface area contributed by atoms with Crippen LogP contribution in [0.15, 0.2) is 39.5 Å². The van der Waals surface area contributed by atoms with Gasteiger partial charge < -0.3 is 5.32 Å². The van der Waals surface area contributed by atoms with Gasteiger partial charge in [0.25, 0.3) is 0 Å². The fourth-order valence-corrected chi connectivity index (χ4v) is 2.11. The standard InChI is InChI=1S/C12H11Br2N3/c1-2-15-12-11(16-5-6-17-12)8-3-4-9(13)10(14)7-8/h3-7H,2H2,1H3,(H,15,17). The lowest BCUT2D eigenvalue weighted by Crippen LogP contribution is -2.02. The van der Waals surface area contributed by atoms with Crippen LogP contribution in [0.5, 0.6) is 0 Å². The highest BCUT2D eigenvalue weighted by atomic mass is 79.9. The van der Waals surface area contributed by atoms with Crippen LogP contribution in [0.25, 0.3) is 11.3 Å². The second-order valence-corrected chi connectivity index (χ2v) is 5.12. The van der Waals surface area contributed by atoms with E-state index in [4.69, 9.17) is 0 Å². The first-order valence-corrected chi connectivity index (χ1v) is 6.81. The molecule has 2 rings (SSSR count). The van der Waals surface area contributed by atoms with Crippen molar-refractivity contribution in [3.05, 3.63) is 39.5 Å². The molecule has 0 fully saturated rings. The predicted octanol–water partition coefficient (Wildman–Crippen LogP) is 4.10. The van der Waals surface area contributed by atoms with Crippen molar-refractivity contribution >= 4 is 37.7 Å². The van der Waals surface area contributed by atoms with E-state index in [9.17, 15) is 0 Å². The molecule has 17 heavy (non-hydrogen) atoms. The van der Waals surface area contributed by atoms with Crippen molar-refractivity contribution in [2.45, 2.75) is 6.92 Å². The smallest absolute Gasteiger partial charge is 0.152 e. The second-order valence-electron chi connectivity index (χ2n) is 3.41. The molecule has 0 atom stereocenters. The van der Waals surface area contributed by atoms with Crippen molar-refractivity contribution in [3.63, 3.8) is 0 Å². The molecular formula is C12H11Br2N3. The number of rotatable bonds is 3. The highest BCUT2D eigenvalue weighted by molar-refractivity contribution is 9.13. The molecule has 0 aliphatic heterocycles. The van der Waals surface area contributed by atoms with Crippen molar-refractivity contribution in [2.75, 3.05) is 11.9 Å². The highest BCUT2D eigenvalue weighted by Gasteiger charge is 2.08. The molecule has 0 amide bonds. The number of hydrogen-bond acceptors (Lipinski definition) is 3. The summed E-state index contributed by atoms with van der Waals surface area (Å²) in [7, 11) is 0. The van der Waals surface area contributed by atoms with Crippen LogP contribution in [-0.2, 0) is 0 Å². The third kappa shape index (κ3) is 2.84. The van der Waals surface area contributed by atoms with E-state index in [1.807, 2.05) is 25.1 Å². The van der Waals surface area contributed by atoms with Gasteiger partial charge in [0.1, 0.15) is 5.69 Å². The maximum atomic E-state index is 4.38. The Morgan fingerprint density at radius 2 is 1.88 bits per heavy atom. The fraction of sp³-hybridized carbons (Fsp3) is 0.167. The number of hydrogen-bond donors (Lipinski definition) is 1. The van der Waals surface area contributed by atoms with Crippen LogP contribution in [0.1, 0.15) is 6.92 Å². The molecule has 5 heteroatoms. The Morgan fingerprint density at radius 3 is 2.59 bits per heavy atom. The van der Waals surface area contributed by atoms with Gasteiger partial charge >= 0.3 is 0 Å². The summed E-state index contributed by atoms with van der Waals surface area (Å²) < 4.78 is 2.03. The van der Waals surface area contributed by atoms with Crippen molar-refractivity contribution in [1.29, 1.82) is 0 Å². The van der Waals surface area contributed by atoms with Gasteiger partial charge in [-0.25, -0.2) is 4.98 Å². The van der Waals surface area contributed by atoms with Crippen molar-refractivity contribution < 1.29 is 0 Å². The number of nitrogens with zero attached hydrogens (tertiary/aromatic N) is 2. The van der Waals surface area contributed by atoms with Crippen molar-refractivity contribution in [1.82, 2.24) is 9.97 Å². The minimum absolute atomic E-state index is 0.809. The van der Waals surface area contributed by atoms with E-state index in [0.29, 0.717) is 0 Å². The minimum atomic E-state index is 0.809. The first kappa shape index (κ1) is 12.5. The number of halogens is 2. The molecule has 0 bridgehead atoms. The van der Waals surface area contributed by atoms with E-state index in [1.165, 1.54) is 0 Å². The zero-order valence-electron chi connectivity index (χ0n) is 9.24. The summed E-state index contributed by atoms with van der Waals surface area (Å²) in [5.41, 5.74) is 1.90. The lowest BCUT2D eigenvalue weighted by Gasteiger charge is -2.09. The Kier molecular flexibility index (Phi) is 4.12. The van der Waals surface area contributed by atoms with Gasteiger partial charge in [0.05, 0.1) is 0 Å². The van der Waals surface area contributed by atoms with Gasteiger partial charge in [0, 0.05) is 33.4 Å². The Bertz CT molecular complexity index is 529. The quantitative estimate of drug-likeness (QED) is 0.899. The average Bonchev–Trinajstić information content (AvgIpc) is 2.34. The number of nitrogens with one attached hydrogen (secondary N) is 1. The molecule has 0 spiro atoms. The normalized spacial score (nSPS) is 10.3. The summed E-state index contributed by atoms with van der Waals surface area (Å²) in [5.74, 6) is 0.809. The molecule has 1 N–H and O–H groups in total. The van der Waals surface area contributed by atoms with Crippen molar-refractivity contribution in [2.24, 2.45) is 0 Å². The molecule has 0 saturated heterocycles. The molecule has 2 aromatic rings. The Labute approximate surface area is 117 Å². The van der Waals surface area contributed by atoms with Crippen LogP contribution in [0.2, 0.25) is 0 Å². The molecule has 3 nitrogen and oxygen atoms in total. The average molecular weight is 357 g/mol. The zero-order chi connectivity index (χ0) is 12.3. The summed E-state index contributed by atoms with van der Waals surface area (Å²) in [6.07, 6.45) is 3.39. The van der Waals surface area contributed by atoms with E-state index < -0.39 is 0 Å². The fourth-order valence-electron chi connectivity index (χ4n) is 1.49. The summed E-state index contributed by atoms with van der Waals surface area (Å²) in [4.78, 5) is 8.67. The van der Waals surface area contributed by atoms with Gasteiger partial charge in [0.15, 0.2) is 5.82 Å². The van der Waals surface area contributed by atoms with E-state index >= 15 is 0 Å². The largest absolute Gasteiger partial charge is 0.369 e. The molecule has 1 aromatic heterocycles. The van der Waals surface area contributed by atoms with E-state index in [1.54, 1.807) is 12.4 Å². The zero-order valence-corrected chi connectivity index (χ0v) is 12.4. The second kappa shape index (κ2) is 5.60. The lowest BCUT2D eigenvalue weighted by atomic mass is 10.1. The lowest BCUT2D eigenvalue weighted by molar-refractivity contribution is 1.12. The van der Waals surface area contributed by atoms with Gasteiger partial charge in [-0.05, 0) is 50.9 Å². The molecule has 0 saturated carbocycles. The van der Waals surface area contributed by atoms with Crippen LogP contribution in [0.4, 0.5) is 5.82 Å². The van der Waals surface area contributed by atoms with Crippen LogP contribution in [-0.4, -0.2) is 16.5 Å². The Hall–Kier alpha value is -0.940. The van der Waals surface area contributed by atoms with E-state index in [0.717, 1.165) is 32.6 Å². The molecule has 1 heterocycles. The summed E-state index contributed by atoms with van der Waals surface area (Å²) >= 11 is 6.94. The molecular weight excluding hydrogens is 346 g/mol. The van der Waals surface area contributed by atoms with Crippen LogP contribution in [0.3, 0.4) is 0 Å². The van der Waals surface area contributed by atoms with Gasteiger partial charge in [-0.15, -0.1) is 0 Å². The van der Waals surface area contributed by atoms with E-state index in [-0.39, 0.29) is 0 Å². The topological polar surface area (TPSA) is 37.8 Å². The Morgan fingerprint density at radius 1 is 1.12 bits per heavy atom. The summed E-state index contributed by atoms with van der Waals surface area (Å²) in [5, 5.41) is 3.21. The predicted molar refractivity (Wildman–Crippen MR) is 77.0 cm³/mol. The van der Waals surface area contributed by atoms with Crippen molar-refractivity contribution in [3.8, 4) is 11.3 Å². The number of aromatic nitrogens is 2. The molecule has 0 aliphatic carbocycles. The number of benzene rings is 1. The summed E-state index contributed by atoms with van der Waals surface area (Å²) in [6, 6.07) is 6.03. The van der Waals surface area contributed by atoms with Crippen LogP contribution >= 0.6 is 31.9 Å². The molecule has 0 radical (unpaired) electrons. The van der Waals surface area contributed by atoms with Gasteiger partial charge in [0.2, 0.25) is 0 Å². The first-order chi connectivity index (χ1) is 8.22. The van der Waals surface area contributed by atoms with Gasteiger partial charge in [-0.3, -0.25) is 4.98 Å². The first-order valence-electron chi connectivity index (χ1n) is 5.22. The Balaban J connectivity index is 2.48. The van der Waals surface area contributed by atoms with Gasteiger partial charge in [-0.2, -0.15) is 0 Å². The third-order valence-electron chi connectivity index (χ3n) is 2.24. The van der Waals surface area contributed by atoms with Gasteiger partial charge in [-0.1, -0.05) is 6.07 Å². The highest BCUT2D eigenvalue weighted by Crippen LogP contribution is 2.30. The molecule has 1 aromatic carbocycles. The summed E-state index contributed by atoms with van der Waals surface area (Å²) in [6.45, 7) is 2.86. The molecule has 0 unspecified atom stereocenters.